The third-order valence-electron chi connectivity index (χ3n) is 3.61. The van der Waals surface area contributed by atoms with Gasteiger partial charge in [-0.2, -0.15) is 0 Å². The lowest BCUT2D eigenvalue weighted by Crippen LogP contribution is -2.04. The number of non-ortho nitro benzene ring substituents is 1. The van der Waals surface area contributed by atoms with Gasteiger partial charge in [0.1, 0.15) is 5.58 Å². The number of hydrogen-bond acceptors (Lipinski definition) is 4. The van der Waals surface area contributed by atoms with Crippen molar-refractivity contribution >= 4 is 16.7 Å². The maximum atomic E-state index is 12.2. The molecule has 0 aliphatic carbocycles. The van der Waals surface area contributed by atoms with Crippen molar-refractivity contribution in [3.05, 3.63) is 74.6 Å². The first-order chi connectivity index (χ1) is 10.6. The number of nitro groups is 1. The van der Waals surface area contributed by atoms with Crippen LogP contribution in [0.4, 0.5) is 5.69 Å². The number of fused-ring (bicyclic) bond motifs is 1. The Balaban J connectivity index is 2.24. The van der Waals surface area contributed by atoms with Crippen LogP contribution in [0.15, 0.2) is 57.7 Å². The standard InChI is InChI=1S/C17H13NO4/c1-2-11-9-13(18(20)21)7-8-14(11)15-10-12-5-3-4-6-16(12)22-17(15)19/h3-10H,2H2,1H3. The lowest BCUT2D eigenvalue weighted by molar-refractivity contribution is -0.384. The predicted octanol–water partition coefficient (Wildman–Crippen LogP) is 3.93. The first-order valence-electron chi connectivity index (χ1n) is 6.90. The summed E-state index contributed by atoms with van der Waals surface area (Å²) >= 11 is 0. The molecule has 2 aromatic carbocycles. The number of benzene rings is 2. The molecule has 0 unspecified atom stereocenters. The molecule has 0 fully saturated rings. The normalized spacial score (nSPS) is 10.8. The Hall–Kier alpha value is -2.95. The summed E-state index contributed by atoms with van der Waals surface area (Å²) in [6.45, 7) is 1.89. The van der Waals surface area contributed by atoms with Gasteiger partial charge in [-0.15, -0.1) is 0 Å². The van der Waals surface area contributed by atoms with Crippen LogP contribution < -0.4 is 5.63 Å². The van der Waals surface area contributed by atoms with E-state index in [-0.39, 0.29) is 5.69 Å². The van der Waals surface area contributed by atoms with Gasteiger partial charge >= 0.3 is 5.63 Å². The second-order valence-electron chi connectivity index (χ2n) is 4.94. The van der Waals surface area contributed by atoms with Crippen molar-refractivity contribution in [2.45, 2.75) is 13.3 Å². The van der Waals surface area contributed by atoms with E-state index in [9.17, 15) is 14.9 Å². The smallest absolute Gasteiger partial charge is 0.344 e. The first-order valence-corrected chi connectivity index (χ1v) is 6.90. The van der Waals surface area contributed by atoms with Gasteiger partial charge in [0.2, 0.25) is 0 Å². The molecule has 0 spiro atoms. The van der Waals surface area contributed by atoms with Crippen LogP contribution in [0.3, 0.4) is 0 Å². The van der Waals surface area contributed by atoms with Crippen molar-refractivity contribution in [2.24, 2.45) is 0 Å². The van der Waals surface area contributed by atoms with Gasteiger partial charge in [0.05, 0.1) is 10.5 Å². The summed E-state index contributed by atoms with van der Waals surface area (Å²) in [5.41, 5.74) is 1.94. The molecule has 1 heterocycles. The second kappa shape index (κ2) is 5.44. The van der Waals surface area contributed by atoms with Crippen LogP contribution >= 0.6 is 0 Å². The van der Waals surface area contributed by atoms with Crippen LogP contribution in [-0.2, 0) is 6.42 Å². The number of hydrogen-bond donors (Lipinski definition) is 0. The Labute approximate surface area is 126 Å². The van der Waals surface area contributed by atoms with Gasteiger partial charge in [-0.25, -0.2) is 4.79 Å². The highest BCUT2D eigenvalue weighted by atomic mass is 16.6. The minimum Gasteiger partial charge on any atom is -0.422 e. The van der Waals surface area contributed by atoms with Gasteiger partial charge in [0.25, 0.3) is 5.69 Å². The topological polar surface area (TPSA) is 73.3 Å². The van der Waals surface area contributed by atoms with E-state index < -0.39 is 10.5 Å². The number of para-hydroxylation sites is 1. The molecule has 3 aromatic rings. The summed E-state index contributed by atoms with van der Waals surface area (Å²) in [6.07, 6.45) is 0.587. The molecule has 0 radical (unpaired) electrons. The predicted molar refractivity (Wildman–Crippen MR) is 84.0 cm³/mol. The van der Waals surface area contributed by atoms with E-state index in [0.29, 0.717) is 23.1 Å². The van der Waals surface area contributed by atoms with Crippen molar-refractivity contribution in [2.75, 3.05) is 0 Å². The number of aryl methyl sites for hydroxylation is 1. The largest absolute Gasteiger partial charge is 0.422 e. The molecule has 5 nitrogen and oxygen atoms in total. The Morgan fingerprint density at radius 3 is 2.59 bits per heavy atom. The van der Waals surface area contributed by atoms with E-state index in [1.54, 1.807) is 24.3 Å². The molecule has 3 rings (SSSR count). The zero-order chi connectivity index (χ0) is 15.7. The average Bonchev–Trinajstić information content (AvgIpc) is 2.53. The molecule has 22 heavy (non-hydrogen) atoms. The molecule has 0 saturated carbocycles. The van der Waals surface area contributed by atoms with Crippen LogP contribution in [-0.4, -0.2) is 4.92 Å². The van der Waals surface area contributed by atoms with Gasteiger partial charge in [-0.05, 0) is 35.7 Å². The fourth-order valence-corrected chi connectivity index (χ4v) is 2.50. The molecule has 0 N–H and O–H groups in total. The maximum Gasteiger partial charge on any atom is 0.344 e. The molecular weight excluding hydrogens is 282 g/mol. The van der Waals surface area contributed by atoms with Gasteiger partial charge in [-0.1, -0.05) is 25.1 Å². The molecular formula is C17H13NO4. The molecule has 0 amide bonds. The van der Waals surface area contributed by atoms with Crippen molar-refractivity contribution in [1.82, 2.24) is 0 Å². The van der Waals surface area contributed by atoms with Crippen molar-refractivity contribution in [1.29, 1.82) is 0 Å². The fourth-order valence-electron chi connectivity index (χ4n) is 2.50. The zero-order valence-corrected chi connectivity index (χ0v) is 11.9. The lowest BCUT2D eigenvalue weighted by Gasteiger charge is -2.07. The molecule has 0 aliphatic rings. The van der Waals surface area contributed by atoms with Gasteiger partial charge in [-0.3, -0.25) is 10.1 Å². The average molecular weight is 295 g/mol. The van der Waals surface area contributed by atoms with E-state index in [4.69, 9.17) is 4.42 Å². The Kier molecular flexibility index (Phi) is 3.47. The zero-order valence-electron chi connectivity index (χ0n) is 11.9. The third kappa shape index (κ3) is 2.37. The molecule has 5 heteroatoms. The summed E-state index contributed by atoms with van der Waals surface area (Å²) in [4.78, 5) is 22.7. The third-order valence-corrected chi connectivity index (χ3v) is 3.61. The quantitative estimate of drug-likeness (QED) is 0.417. The highest BCUT2D eigenvalue weighted by Gasteiger charge is 2.14. The highest BCUT2D eigenvalue weighted by molar-refractivity contribution is 5.82. The minimum absolute atomic E-state index is 0.0192. The van der Waals surface area contributed by atoms with Crippen LogP contribution in [0.2, 0.25) is 0 Å². The summed E-state index contributed by atoms with van der Waals surface area (Å²) in [5.74, 6) is 0. The monoisotopic (exact) mass is 295 g/mol. The fraction of sp³-hybridized carbons (Fsp3) is 0.118. The van der Waals surface area contributed by atoms with E-state index in [2.05, 4.69) is 0 Å². The summed E-state index contributed by atoms with van der Waals surface area (Å²) in [7, 11) is 0. The number of nitro benzene ring substituents is 1. The van der Waals surface area contributed by atoms with Crippen LogP contribution in [0, 0.1) is 10.1 Å². The van der Waals surface area contributed by atoms with Crippen molar-refractivity contribution in [3.63, 3.8) is 0 Å². The van der Waals surface area contributed by atoms with Crippen LogP contribution in [0.1, 0.15) is 12.5 Å². The lowest BCUT2D eigenvalue weighted by atomic mass is 9.98. The van der Waals surface area contributed by atoms with E-state index in [1.807, 2.05) is 19.1 Å². The van der Waals surface area contributed by atoms with E-state index in [0.717, 1.165) is 10.9 Å². The molecule has 0 saturated heterocycles. The summed E-state index contributed by atoms with van der Waals surface area (Å²) in [5, 5.41) is 11.7. The number of rotatable bonds is 3. The number of nitrogens with zero attached hydrogens (tertiary/aromatic N) is 1. The van der Waals surface area contributed by atoms with Crippen LogP contribution in [0.5, 0.6) is 0 Å². The molecule has 110 valence electrons. The van der Waals surface area contributed by atoms with E-state index >= 15 is 0 Å². The first kappa shape index (κ1) is 14.0. The van der Waals surface area contributed by atoms with Crippen molar-refractivity contribution in [3.8, 4) is 11.1 Å². The highest BCUT2D eigenvalue weighted by Crippen LogP contribution is 2.27. The van der Waals surface area contributed by atoms with Gasteiger partial charge in [0, 0.05) is 17.5 Å². The molecule has 0 aliphatic heterocycles. The van der Waals surface area contributed by atoms with Crippen LogP contribution in [0.25, 0.3) is 22.1 Å². The Morgan fingerprint density at radius 1 is 1.09 bits per heavy atom. The molecule has 0 atom stereocenters. The van der Waals surface area contributed by atoms with E-state index in [1.165, 1.54) is 12.1 Å². The Bertz CT molecular complexity index is 927. The summed E-state index contributed by atoms with van der Waals surface area (Å²) in [6, 6.07) is 13.5. The maximum absolute atomic E-state index is 12.2. The van der Waals surface area contributed by atoms with Crippen molar-refractivity contribution < 1.29 is 9.34 Å². The van der Waals surface area contributed by atoms with Gasteiger partial charge < -0.3 is 4.42 Å². The SMILES string of the molecule is CCc1cc([N+](=O)[O-])ccc1-c1cc2ccccc2oc1=O. The summed E-state index contributed by atoms with van der Waals surface area (Å²) < 4.78 is 5.33. The second-order valence-corrected chi connectivity index (χ2v) is 4.94. The Morgan fingerprint density at radius 2 is 1.86 bits per heavy atom. The molecule has 0 bridgehead atoms. The molecule has 1 aromatic heterocycles. The minimum atomic E-state index is -0.442. The van der Waals surface area contributed by atoms with Gasteiger partial charge in [0.15, 0.2) is 0 Å².